The minimum Gasteiger partial charge on any atom is -0.480 e. The Kier molecular flexibility index (Phi) is 5.68. The number of aromatic nitrogens is 2. The van der Waals surface area contributed by atoms with Gasteiger partial charge in [-0.3, -0.25) is 14.5 Å². The van der Waals surface area contributed by atoms with Gasteiger partial charge < -0.3 is 15.0 Å². The molecule has 1 saturated heterocycles. The van der Waals surface area contributed by atoms with Crippen molar-refractivity contribution >= 4 is 11.9 Å². The van der Waals surface area contributed by atoms with Crippen LogP contribution in [0.1, 0.15) is 24.1 Å². The molecule has 1 aliphatic rings. The first-order chi connectivity index (χ1) is 12.5. The standard InChI is InChI=1S/C19H24N4O3/c1-22-12-15(21-13-22)9-10-20-18(24)16-7-8-17(19(25)26)23(16)11-14-5-3-2-4-6-14/h2-6,12-13,16-17H,7-11H2,1H3,(H,20,24)(H,25,26). The van der Waals surface area contributed by atoms with Crippen LogP contribution < -0.4 is 5.32 Å². The Morgan fingerprint density at radius 2 is 1.96 bits per heavy atom. The summed E-state index contributed by atoms with van der Waals surface area (Å²) in [5.41, 5.74) is 1.93. The van der Waals surface area contributed by atoms with Gasteiger partial charge in [-0.05, 0) is 18.4 Å². The molecule has 1 fully saturated rings. The molecule has 1 amide bonds. The number of carbonyl (C=O) groups excluding carboxylic acids is 1. The molecular weight excluding hydrogens is 332 g/mol. The fourth-order valence-corrected chi connectivity index (χ4v) is 3.45. The Labute approximate surface area is 152 Å². The highest BCUT2D eigenvalue weighted by atomic mass is 16.4. The number of aliphatic carboxylic acids is 1. The quantitative estimate of drug-likeness (QED) is 0.778. The van der Waals surface area contributed by atoms with Crippen LogP contribution >= 0.6 is 0 Å². The number of imidazole rings is 1. The van der Waals surface area contributed by atoms with Gasteiger partial charge in [-0.15, -0.1) is 0 Å². The molecule has 2 N–H and O–H groups in total. The molecule has 2 aromatic rings. The lowest BCUT2D eigenvalue weighted by Crippen LogP contribution is -2.48. The zero-order valence-electron chi connectivity index (χ0n) is 14.8. The molecule has 1 aromatic heterocycles. The number of likely N-dealkylation sites (tertiary alicyclic amines) is 1. The van der Waals surface area contributed by atoms with Crippen molar-refractivity contribution < 1.29 is 14.7 Å². The van der Waals surface area contributed by atoms with Gasteiger partial charge in [-0.1, -0.05) is 30.3 Å². The van der Waals surface area contributed by atoms with Crippen molar-refractivity contribution in [3.8, 4) is 0 Å². The Morgan fingerprint density at radius 1 is 1.23 bits per heavy atom. The number of hydrogen-bond acceptors (Lipinski definition) is 4. The van der Waals surface area contributed by atoms with E-state index in [0.717, 1.165) is 11.3 Å². The lowest BCUT2D eigenvalue weighted by molar-refractivity contribution is -0.143. The van der Waals surface area contributed by atoms with E-state index in [0.29, 0.717) is 32.4 Å². The number of nitrogens with one attached hydrogen (secondary N) is 1. The second-order valence-corrected chi connectivity index (χ2v) is 6.68. The third-order valence-electron chi connectivity index (χ3n) is 4.75. The van der Waals surface area contributed by atoms with Gasteiger partial charge in [0.15, 0.2) is 0 Å². The molecule has 1 aromatic carbocycles. The van der Waals surface area contributed by atoms with Crippen LogP contribution in [-0.2, 0) is 29.6 Å². The van der Waals surface area contributed by atoms with Gasteiger partial charge in [0.05, 0.1) is 18.1 Å². The Hall–Kier alpha value is -2.67. The summed E-state index contributed by atoms with van der Waals surface area (Å²) in [5, 5.41) is 12.4. The van der Waals surface area contributed by atoms with Crippen LogP contribution in [0.2, 0.25) is 0 Å². The van der Waals surface area contributed by atoms with Gasteiger partial charge in [0.25, 0.3) is 0 Å². The Balaban J connectivity index is 1.62. The van der Waals surface area contributed by atoms with Crippen LogP contribution in [0.15, 0.2) is 42.9 Å². The fourth-order valence-electron chi connectivity index (χ4n) is 3.45. The molecule has 7 heteroatoms. The minimum absolute atomic E-state index is 0.111. The molecule has 0 bridgehead atoms. The predicted molar refractivity (Wildman–Crippen MR) is 96.4 cm³/mol. The van der Waals surface area contributed by atoms with E-state index in [1.807, 2.05) is 48.1 Å². The maximum absolute atomic E-state index is 12.6. The molecule has 2 heterocycles. The topological polar surface area (TPSA) is 87.5 Å². The third-order valence-corrected chi connectivity index (χ3v) is 4.75. The van der Waals surface area contributed by atoms with Gasteiger partial charge in [-0.25, -0.2) is 4.98 Å². The smallest absolute Gasteiger partial charge is 0.320 e. The number of nitrogens with zero attached hydrogens (tertiary/aromatic N) is 3. The summed E-state index contributed by atoms with van der Waals surface area (Å²) in [6.07, 6.45) is 5.34. The predicted octanol–water partition coefficient (Wildman–Crippen LogP) is 1.20. The van der Waals surface area contributed by atoms with Crippen LogP contribution in [-0.4, -0.2) is 50.1 Å². The van der Waals surface area contributed by atoms with Crippen molar-refractivity contribution in [1.82, 2.24) is 19.8 Å². The average molecular weight is 356 g/mol. The highest BCUT2D eigenvalue weighted by molar-refractivity contribution is 5.84. The van der Waals surface area contributed by atoms with Gasteiger partial charge in [-0.2, -0.15) is 0 Å². The number of carboxylic acids is 1. The highest BCUT2D eigenvalue weighted by Gasteiger charge is 2.41. The number of rotatable bonds is 7. The van der Waals surface area contributed by atoms with E-state index in [2.05, 4.69) is 10.3 Å². The van der Waals surface area contributed by atoms with Gasteiger partial charge in [0.2, 0.25) is 5.91 Å². The average Bonchev–Trinajstić information content (AvgIpc) is 3.22. The third kappa shape index (κ3) is 4.29. The summed E-state index contributed by atoms with van der Waals surface area (Å²) < 4.78 is 1.87. The second-order valence-electron chi connectivity index (χ2n) is 6.68. The van der Waals surface area contributed by atoms with Crippen molar-refractivity contribution in [3.05, 3.63) is 54.1 Å². The largest absolute Gasteiger partial charge is 0.480 e. The van der Waals surface area contributed by atoms with Crippen LogP contribution in [0, 0.1) is 0 Å². The van der Waals surface area contributed by atoms with Gasteiger partial charge in [0, 0.05) is 32.8 Å². The van der Waals surface area contributed by atoms with Crippen molar-refractivity contribution in [2.24, 2.45) is 7.05 Å². The van der Waals surface area contributed by atoms with E-state index in [1.165, 1.54) is 0 Å². The molecule has 0 spiro atoms. The normalized spacial score (nSPS) is 20.2. The SMILES string of the molecule is Cn1cnc(CCNC(=O)C2CCC(C(=O)O)N2Cc2ccccc2)c1. The molecule has 138 valence electrons. The molecule has 0 radical (unpaired) electrons. The maximum Gasteiger partial charge on any atom is 0.320 e. The number of carbonyl (C=O) groups is 2. The second kappa shape index (κ2) is 8.14. The van der Waals surface area contributed by atoms with Crippen LogP contribution in [0.3, 0.4) is 0 Å². The summed E-state index contributed by atoms with van der Waals surface area (Å²) in [4.78, 5) is 30.3. The zero-order valence-corrected chi connectivity index (χ0v) is 14.8. The van der Waals surface area contributed by atoms with Crippen molar-refractivity contribution in [2.45, 2.75) is 37.9 Å². The maximum atomic E-state index is 12.6. The number of benzene rings is 1. The molecule has 2 unspecified atom stereocenters. The first kappa shape index (κ1) is 18.1. The first-order valence-electron chi connectivity index (χ1n) is 8.81. The van der Waals surface area contributed by atoms with Gasteiger partial charge >= 0.3 is 5.97 Å². The summed E-state index contributed by atoms with van der Waals surface area (Å²) in [6.45, 7) is 0.944. The first-order valence-corrected chi connectivity index (χ1v) is 8.81. The monoisotopic (exact) mass is 356 g/mol. The van der Waals surface area contributed by atoms with E-state index in [9.17, 15) is 14.7 Å². The molecule has 0 aliphatic carbocycles. The van der Waals surface area contributed by atoms with Crippen molar-refractivity contribution in [1.29, 1.82) is 0 Å². The molecular formula is C19H24N4O3. The van der Waals surface area contributed by atoms with E-state index in [-0.39, 0.29) is 5.91 Å². The van der Waals surface area contributed by atoms with Gasteiger partial charge in [0.1, 0.15) is 6.04 Å². The fraction of sp³-hybridized carbons (Fsp3) is 0.421. The summed E-state index contributed by atoms with van der Waals surface area (Å²) >= 11 is 0. The molecule has 0 saturated carbocycles. The molecule has 26 heavy (non-hydrogen) atoms. The van der Waals surface area contributed by atoms with Crippen LogP contribution in [0.4, 0.5) is 0 Å². The zero-order chi connectivity index (χ0) is 18.5. The van der Waals surface area contributed by atoms with Crippen molar-refractivity contribution in [2.75, 3.05) is 6.54 Å². The van der Waals surface area contributed by atoms with E-state index in [4.69, 9.17) is 0 Å². The lowest BCUT2D eigenvalue weighted by atomic mass is 10.1. The summed E-state index contributed by atoms with van der Waals surface area (Å²) in [6, 6.07) is 8.62. The van der Waals surface area contributed by atoms with Crippen molar-refractivity contribution in [3.63, 3.8) is 0 Å². The van der Waals surface area contributed by atoms with E-state index in [1.54, 1.807) is 11.2 Å². The molecule has 1 aliphatic heterocycles. The van der Waals surface area contributed by atoms with Crippen LogP contribution in [0.5, 0.6) is 0 Å². The lowest BCUT2D eigenvalue weighted by Gasteiger charge is -2.27. The Bertz CT molecular complexity index is 759. The van der Waals surface area contributed by atoms with E-state index < -0.39 is 18.1 Å². The summed E-state index contributed by atoms with van der Waals surface area (Å²) in [5.74, 6) is -0.981. The number of aryl methyl sites for hydroxylation is 1. The summed E-state index contributed by atoms with van der Waals surface area (Å²) in [7, 11) is 1.90. The molecule has 7 nitrogen and oxygen atoms in total. The number of hydrogen-bond donors (Lipinski definition) is 2. The van der Waals surface area contributed by atoms with E-state index >= 15 is 0 Å². The molecule has 3 rings (SSSR count). The number of carboxylic acid groups (broad SMARTS) is 1. The van der Waals surface area contributed by atoms with Crippen LogP contribution in [0.25, 0.3) is 0 Å². The Morgan fingerprint density at radius 3 is 2.62 bits per heavy atom. The highest BCUT2D eigenvalue weighted by Crippen LogP contribution is 2.26. The number of amides is 1. The molecule has 2 atom stereocenters. The minimum atomic E-state index is -0.871.